The predicted octanol–water partition coefficient (Wildman–Crippen LogP) is 3.22. The fraction of sp³-hybridized carbons (Fsp3) is 0.133. The molecular weight excluding hydrogens is 306 g/mol. The van der Waals surface area contributed by atoms with Crippen molar-refractivity contribution < 1.29 is 9.90 Å². The second-order valence-electron chi connectivity index (χ2n) is 4.18. The normalized spacial score (nSPS) is 10.2. The van der Waals surface area contributed by atoms with E-state index in [1.807, 2.05) is 24.3 Å². The Balaban J connectivity index is 1.94. The molecule has 1 amide bonds. The average Bonchev–Trinajstić information content (AvgIpc) is 2.46. The highest BCUT2D eigenvalue weighted by molar-refractivity contribution is 9.08. The SMILES string of the molecule is O=C(NCc1ccc(CBr)cc1)c1ccc(O)cc1. The lowest BCUT2D eigenvalue weighted by molar-refractivity contribution is 0.0951. The Bertz CT molecular complexity index is 549. The molecule has 0 radical (unpaired) electrons. The molecule has 2 N–H and O–H groups in total. The maximum atomic E-state index is 11.9. The van der Waals surface area contributed by atoms with Crippen LogP contribution in [-0.2, 0) is 11.9 Å². The summed E-state index contributed by atoms with van der Waals surface area (Å²) < 4.78 is 0. The first-order valence-electron chi connectivity index (χ1n) is 5.90. The monoisotopic (exact) mass is 319 g/mol. The van der Waals surface area contributed by atoms with E-state index in [0.29, 0.717) is 12.1 Å². The minimum atomic E-state index is -0.149. The highest BCUT2D eigenvalue weighted by atomic mass is 79.9. The molecule has 0 heterocycles. The number of phenols is 1. The number of nitrogens with one attached hydrogen (secondary N) is 1. The van der Waals surface area contributed by atoms with Crippen molar-refractivity contribution in [2.45, 2.75) is 11.9 Å². The van der Waals surface area contributed by atoms with Crippen LogP contribution in [-0.4, -0.2) is 11.0 Å². The van der Waals surface area contributed by atoms with E-state index in [0.717, 1.165) is 10.9 Å². The Morgan fingerprint density at radius 1 is 1.00 bits per heavy atom. The third kappa shape index (κ3) is 3.83. The third-order valence-electron chi connectivity index (χ3n) is 2.76. The molecular formula is C15H14BrNO2. The molecule has 2 aromatic carbocycles. The van der Waals surface area contributed by atoms with Gasteiger partial charge in [0.05, 0.1) is 0 Å². The van der Waals surface area contributed by atoms with Gasteiger partial charge in [-0.05, 0) is 35.4 Å². The van der Waals surface area contributed by atoms with Crippen LogP contribution in [0, 0.1) is 0 Å². The van der Waals surface area contributed by atoms with Gasteiger partial charge in [-0.1, -0.05) is 40.2 Å². The van der Waals surface area contributed by atoms with Gasteiger partial charge in [0.15, 0.2) is 0 Å². The van der Waals surface area contributed by atoms with Crippen LogP contribution in [0.3, 0.4) is 0 Å². The van der Waals surface area contributed by atoms with Crippen LogP contribution in [0.5, 0.6) is 5.75 Å². The first kappa shape index (κ1) is 13.6. The molecule has 4 heteroatoms. The number of phenolic OH excluding ortho intramolecular Hbond substituents is 1. The second kappa shape index (κ2) is 6.38. The highest BCUT2D eigenvalue weighted by Gasteiger charge is 2.04. The van der Waals surface area contributed by atoms with Crippen molar-refractivity contribution in [1.29, 1.82) is 0 Å². The predicted molar refractivity (Wildman–Crippen MR) is 78.4 cm³/mol. The molecule has 0 aliphatic heterocycles. The van der Waals surface area contributed by atoms with Crippen LogP contribution in [0.4, 0.5) is 0 Å². The molecule has 0 bridgehead atoms. The van der Waals surface area contributed by atoms with Gasteiger partial charge >= 0.3 is 0 Å². The summed E-state index contributed by atoms with van der Waals surface area (Å²) in [5, 5.41) is 12.8. The Morgan fingerprint density at radius 2 is 1.58 bits per heavy atom. The topological polar surface area (TPSA) is 49.3 Å². The number of carbonyl (C=O) groups excluding carboxylic acids is 1. The summed E-state index contributed by atoms with van der Waals surface area (Å²) in [7, 11) is 0. The number of hydrogen-bond acceptors (Lipinski definition) is 2. The molecule has 19 heavy (non-hydrogen) atoms. The lowest BCUT2D eigenvalue weighted by Gasteiger charge is -2.06. The van der Waals surface area contributed by atoms with Gasteiger partial charge in [0.2, 0.25) is 0 Å². The lowest BCUT2D eigenvalue weighted by Crippen LogP contribution is -2.22. The first-order chi connectivity index (χ1) is 9.19. The zero-order valence-corrected chi connectivity index (χ0v) is 11.9. The van der Waals surface area contributed by atoms with Crippen LogP contribution >= 0.6 is 15.9 Å². The molecule has 0 saturated carbocycles. The fourth-order valence-corrected chi connectivity index (χ4v) is 2.02. The van der Waals surface area contributed by atoms with Crippen LogP contribution in [0.2, 0.25) is 0 Å². The van der Waals surface area contributed by atoms with E-state index < -0.39 is 0 Å². The van der Waals surface area contributed by atoms with Gasteiger partial charge in [-0.2, -0.15) is 0 Å². The molecule has 0 fully saturated rings. The summed E-state index contributed by atoms with van der Waals surface area (Å²) in [6.45, 7) is 0.488. The largest absolute Gasteiger partial charge is 0.508 e. The number of benzene rings is 2. The van der Waals surface area contributed by atoms with Crippen molar-refractivity contribution in [3.05, 3.63) is 65.2 Å². The van der Waals surface area contributed by atoms with Crippen molar-refractivity contribution in [3.63, 3.8) is 0 Å². The summed E-state index contributed by atoms with van der Waals surface area (Å²) in [6.07, 6.45) is 0. The number of carbonyl (C=O) groups is 1. The molecule has 2 aromatic rings. The minimum absolute atomic E-state index is 0.149. The van der Waals surface area contributed by atoms with Crippen LogP contribution in [0.1, 0.15) is 21.5 Å². The standard InChI is InChI=1S/C15H14BrNO2/c16-9-11-1-3-12(4-2-11)10-17-15(19)13-5-7-14(18)8-6-13/h1-8,18H,9-10H2,(H,17,19). The molecule has 3 nitrogen and oxygen atoms in total. The van der Waals surface area contributed by atoms with Gasteiger partial charge in [0.1, 0.15) is 5.75 Å². The zero-order valence-electron chi connectivity index (χ0n) is 10.3. The van der Waals surface area contributed by atoms with E-state index in [4.69, 9.17) is 5.11 Å². The summed E-state index contributed by atoms with van der Waals surface area (Å²) >= 11 is 3.39. The molecule has 0 atom stereocenters. The molecule has 0 aromatic heterocycles. The van der Waals surface area contributed by atoms with Crippen molar-refractivity contribution in [2.75, 3.05) is 0 Å². The number of amides is 1. The van der Waals surface area contributed by atoms with Gasteiger partial charge in [-0.15, -0.1) is 0 Å². The van der Waals surface area contributed by atoms with Crippen molar-refractivity contribution in [1.82, 2.24) is 5.32 Å². The molecule has 98 valence electrons. The van der Waals surface area contributed by atoms with Gasteiger partial charge in [0.25, 0.3) is 5.91 Å². The van der Waals surface area contributed by atoms with E-state index in [-0.39, 0.29) is 11.7 Å². The summed E-state index contributed by atoms with van der Waals surface area (Å²) in [4.78, 5) is 11.9. The average molecular weight is 320 g/mol. The van der Waals surface area contributed by atoms with Gasteiger partial charge < -0.3 is 10.4 Å². The van der Waals surface area contributed by atoms with Crippen molar-refractivity contribution >= 4 is 21.8 Å². The molecule has 0 saturated heterocycles. The summed E-state index contributed by atoms with van der Waals surface area (Å²) in [5.74, 6) is 0.00600. The zero-order chi connectivity index (χ0) is 13.7. The minimum Gasteiger partial charge on any atom is -0.508 e. The maximum Gasteiger partial charge on any atom is 0.251 e. The van der Waals surface area contributed by atoms with Crippen molar-refractivity contribution in [3.8, 4) is 5.75 Å². The molecule has 0 aliphatic rings. The van der Waals surface area contributed by atoms with Crippen LogP contribution in [0.25, 0.3) is 0 Å². The van der Waals surface area contributed by atoms with E-state index in [1.165, 1.54) is 17.7 Å². The molecule has 2 rings (SSSR count). The molecule has 0 unspecified atom stereocenters. The van der Waals surface area contributed by atoms with Gasteiger partial charge in [-0.3, -0.25) is 4.79 Å². The maximum absolute atomic E-state index is 11.9. The Kier molecular flexibility index (Phi) is 4.58. The van der Waals surface area contributed by atoms with E-state index in [1.54, 1.807) is 12.1 Å². The Labute approximate surface area is 120 Å². The summed E-state index contributed by atoms with van der Waals surface area (Å²) in [6, 6.07) is 14.2. The Morgan fingerprint density at radius 3 is 2.16 bits per heavy atom. The summed E-state index contributed by atoms with van der Waals surface area (Å²) in [5.41, 5.74) is 2.79. The third-order valence-corrected chi connectivity index (χ3v) is 3.41. The van der Waals surface area contributed by atoms with E-state index in [9.17, 15) is 4.79 Å². The van der Waals surface area contributed by atoms with Crippen molar-refractivity contribution in [2.24, 2.45) is 0 Å². The van der Waals surface area contributed by atoms with Gasteiger partial charge in [-0.25, -0.2) is 0 Å². The first-order valence-corrected chi connectivity index (χ1v) is 7.02. The number of hydrogen-bond donors (Lipinski definition) is 2. The van der Waals surface area contributed by atoms with Crippen LogP contribution in [0.15, 0.2) is 48.5 Å². The Hall–Kier alpha value is -1.81. The second-order valence-corrected chi connectivity index (χ2v) is 4.74. The van der Waals surface area contributed by atoms with E-state index >= 15 is 0 Å². The number of alkyl halides is 1. The fourth-order valence-electron chi connectivity index (χ4n) is 1.64. The number of aromatic hydroxyl groups is 1. The smallest absolute Gasteiger partial charge is 0.251 e. The lowest BCUT2D eigenvalue weighted by atomic mass is 10.1. The number of rotatable bonds is 4. The van der Waals surface area contributed by atoms with E-state index in [2.05, 4.69) is 21.2 Å². The number of halogens is 1. The quantitative estimate of drug-likeness (QED) is 0.850. The molecule has 0 spiro atoms. The highest BCUT2D eigenvalue weighted by Crippen LogP contribution is 2.10. The molecule has 0 aliphatic carbocycles. The van der Waals surface area contributed by atoms with Gasteiger partial charge in [0, 0.05) is 17.4 Å². The van der Waals surface area contributed by atoms with Crippen LogP contribution < -0.4 is 5.32 Å².